The van der Waals surface area contributed by atoms with E-state index in [0.29, 0.717) is 18.3 Å². The first-order valence-electron chi connectivity index (χ1n) is 14.3. The van der Waals surface area contributed by atoms with Crippen molar-refractivity contribution in [1.82, 2.24) is 19.7 Å². The molecule has 1 N–H and O–H groups in total. The third-order valence-corrected chi connectivity index (χ3v) is 8.16. The van der Waals surface area contributed by atoms with Crippen LogP contribution in [0.2, 0.25) is 0 Å². The Labute approximate surface area is 240 Å². The van der Waals surface area contributed by atoms with E-state index in [9.17, 15) is 9.90 Å². The molecule has 2 aromatic heterocycles. The third kappa shape index (κ3) is 5.78. The third-order valence-electron chi connectivity index (χ3n) is 8.16. The number of fused-ring (bicyclic) bond motifs is 1. The van der Waals surface area contributed by atoms with Gasteiger partial charge in [-0.05, 0) is 72.9 Å². The average molecular weight is 557 g/mol. The van der Waals surface area contributed by atoms with E-state index in [4.69, 9.17) is 19.2 Å². The van der Waals surface area contributed by atoms with Gasteiger partial charge in [0.1, 0.15) is 17.9 Å². The summed E-state index contributed by atoms with van der Waals surface area (Å²) in [6.07, 6.45) is 7.49. The van der Waals surface area contributed by atoms with E-state index in [-0.39, 0.29) is 11.4 Å². The highest BCUT2D eigenvalue weighted by molar-refractivity contribution is 5.90. The molecule has 9 heteroatoms. The first-order valence-corrected chi connectivity index (χ1v) is 14.3. The zero-order chi connectivity index (χ0) is 28.3. The first-order chi connectivity index (χ1) is 20.0. The molecule has 0 spiro atoms. The van der Waals surface area contributed by atoms with Crippen LogP contribution in [0.3, 0.4) is 0 Å². The number of pyridine rings is 1. The number of hydrogen-bond donors (Lipinski definition) is 1. The van der Waals surface area contributed by atoms with Crippen molar-refractivity contribution >= 4 is 11.5 Å². The van der Waals surface area contributed by atoms with Crippen LogP contribution in [0, 0.1) is 5.92 Å². The van der Waals surface area contributed by atoms with Gasteiger partial charge in [-0.3, -0.25) is 4.90 Å². The summed E-state index contributed by atoms with van der Waals surface area (Å²) in [6.45, 7) is 7.60. The lowest BCUT2D eigenvalue weighted by Gasteiger charge is -2.30. The van der Waals surface area contributed by atoms with E-state index in [1.54, 1.807) is 6.07 Å². The van der Waals surface area contributed by atoms with E-state index < -0.39 is 5.97 Å². The summed E-state index contributed by atoms with van der Waals surface area (Å²) in [4.78, 5) is 19.0. The molecule has 2 aliphatic heterocycles. The van der Waals surface area contributed by atoms with E-state index in [2.05, 4.69) is 41.2 Å². The van der Waals surface area contributed by atoms with Gasteiger partial charge in [0, 0.05) is 31.8 Å². The summed E-state index contributed by atoms with van der Waals surface area (Å²) >= 11 is 0. The first kappa shape index (κ1) is 27.2. The highest BCUT2D eigenvalue weighted by Crippen LogP contribution is 2.34. The van der Waals surface area contributed by atoms with E-state index in [1.807, 2.05) is 12.1 Å². The second-order valence-electron chi connectivity index (χ2n) is 11.0. The van der Waals surface area contributed by atoms with Gasteiger partial charge in [-0.25, -0.2) is 9.78 Å². The summed E-state index contributed by atoms with van der Waals surface area (Å²) < 4.78 is 18.8. The Bertz CT molecular complexity index is 1500. The standard InChI is InChI=1S/C32H36N4O5/c1-21-5-3-6-26(28-7-4-8-29(34-28)36-31(39-2)27(16-33-36)32(37)38)30(21)41-20-22-9-10-25-18-35(13-11-24(25)15-22)17-23-12-14-40-19-23/h4,6-10,15-16,23H,3,5,11-14,17-20H2,1-2H3,(H,37,38)/t23-/m1/s1. The Kier molecular flexibility index (Phi) is 7.89. The van der Waals surface area contributed by atoms with Gasteiger partial charge in [0.05, 0.1) is 25.6 Å². The minimum absolute atomic E-state index is 0.0162. The molecule has 9 nitrogen and oxygen atoms in total. The van der Waals surface area contributed by atoms with Gasteiger partial charge in [0.15, 0.2) is 5.82 Å². The number of ether oxygens (including phenoxy) is 3. The van der Waals surface area contributed by atoms with Gasteiger partial charge in [0.2, 0.25) is 5.88 Å². The summed E-state index contributed by atoms with van der Waals surface area (Å²) in [5.74, 6) is 1.01. The summed E-state index contributed by atoms with van der Waals surface area (Å²) in [6, 6.07) is 12.4. The average Bonchev–Trinajstić information content (AvgIpc) is 3.66. The fraction of sp³-hybridized carbons (Fsp3) is 0.406. The van der Waals surface area contributed by atoms with Crippen LogP contribution in [0.4, 0.5) is 0 Å². The molecule has 1 saturated heterocycles. The molecule has 0 bridgehead atoms. The van der Waals surface area contributed by atoms with Crippen molar-refractivity contribution in [2.45, 2.75) is 45.8 Å². The molecular weight excluding hydrogens is 520 g/mol. The number of nitrogens with zero attached hydrogens (tertiary/aromatic N) is 4. The maximum absolute atomic E-state index is 11.6. The molecule has 0 unspecified atom stereocenters. The van der Waals surface area contributed by atoms with Gasteiger partial charge in [-0.15, -0.1) is 0 Å². The lowest BCUT2D eigenvalue weighted by molar-refractivity contribution is 0.0693. The molecule has 1 aromatic carbocycles. The molecule has 3 aromatic rings. The number of hydrogen-bond acceptors (Lipinski definition) is 7. The second kappa shape index (κ2) is 11.9. The Balaban J connectivity index is 1.17. The van der Waals surface area contributed by atoms with Crippen molar-refractivity contribution in [2.24, 2.45) is 5.92 Å². The molecule has 1 atom stereocenters. The maximum atomic E-state index is 11.6. The molecule has 41 heavy (non-hydrogen) atoms. The Morgan fingerprint density at radius 3 is 2.90 bits per heavy atom. The quantitative estimate of drug-likeness (QED) is 0.392. The molecule has 0 saturated carbocycles. The number of aromatic carboxylic acids is 1. The van der Waals surface area contributed by atoms with Crippen molar-refractivity contribution in [3.8, 4) is 11.7 Å². The molecule has 0 amide bonds. The number of carboxylic acids is 1. The van der Waals surface area contributed by atoms with Crippen LogP contribution < -0.4 is 4.74 Å². The lowest BCUT2D eigenvalue weighted by Crippen LogP contribution is -2.34. The van der Waals surface area contributed by atoms with E-state index in [0.717, 1.165) is 74.7 Å². The fourth-order valence-electron chi connectivity index (χ4n) is 5.98. The number of methoxy groups -OCH3 is 1. The van der Waals surface area contributed by atoms with Crippen molar-refractivity contribution in [1.29, 1.82) is 0 Å². The van der Waals surface area contributed by atoms with Crippen molar-refractivity contribution in [3.05, 3.63) is 88.0 Å². The van der Waals surface area contributed by atoms with Crippen LogP contribution in [-0.2, 0) is 29.0 Å². The van der Waals surface area contributed by atoms with Gasteiger partial charge in [0.25, 0.3) is 0 Å². The van der Waals surface area contributed by atoms with Crippen LogP contribution >= 0.6 is 0 Å². The number of carboxylic acid groups (broad SMARTS) is 1. The predicted molar refractivity (Wildman–Crippen MR) is 154 cm³/mol. The lowest BCUT2D eigenvalue weighted by atomic mass is 9.95. The number of aromatic nitrogens is 3. The zero-order valence-electron chi connectivity index (χ0n) is 23.6. The highest BCUT2D eigenvalue weighted by atomic mass is 16.5. The predicted octanol–water partition coefficient (Wildman–Crippen LogP) is 5.04. The minimum atomic E-state index is -1.10. The van der Waals surface area contributed by atoms with Crippen LogP contribution in [-0.4, -0.2) is 64.2 Å². The number of rotatable bonds is 9. The van der Waals surface area contributed by atoms with Crippen LogP contribution in [0.5, 0.6) is 5.88 Å². The van der Waals surface area contributed by atoms with Crippen molar-refractivity contribution in [3.63, 3.8) is 0 Å². The number of benzene rings is 1. The van der Waals surface area contributed by atoms with Gasteiger partial charge in [-0.2, -0.15) is 9.78 Å². The van der Waals surface area contributed by atoms with Crippen LogP contribution in [0.15, 0.2) is 60.0 Å². The SMILES string of the molecule is COc1c(C(=O)O)cnn1-c1cccc(C2=CCCC(C)=C2OCc2ccc3c(c2)CCN(C[C@H]2CCOC2)C3)n1. The molecule has 0 radical (unpaired) electrons. The van der Waals surface area contributed by atoms with E-state index >= 15 is 0 Å². The van der Waals surface area contributed by atoms with E-state index in [1.165, 1.54) is 41.1 Å². The fourth-order valence-corrected chi connectivity index (χ4v) is 5.98. The zero-order valence-corrected chi connectivity index (χ0v) is 23.6. The normalized spacial score (nSPS) is 19.2. The topological polar surface area (TPSA) is 98.9 Å². The summed E-state index contributed by atoms with van der Waals surface area (Å²) in [7, 11) is 1.42. The monoisotopic (exact) mass is 556 g/mol. The maximum Gasteiger partial charge on any atom is 0.342 e. The Morgan fingerprint density at radius 1 is 1.20 bits per heavy atom. The largest absolute Gasteiger partial charge is 0.488 e. The molecule has 214 valence electrons. The Morgan fingerprint density at radius 2 is 2.10 bits per heavy atom. The van der Waals surface area contributed by atoms with Crippen LogP contribution in [0.25, 0.3) is 11.4 Å². The minimum Gasteiger partial charge on any atom is -0.488 e. The number of carbonyl (C=O) groups is 1. The van der Waals surface area contributed by atoms with Crippen molar-refractivity contribution in [2.75, 3.05) is 33.4 Å². The molecule has 1 aliphatic carbocycles. The van der Waals surface area contributed by atoms with Gasteiger partial charge >= 0.3 is 5.97 Å². The van der Waals surface area contributed by atoms with Crippen molar-refractivity contribution < 1.29 is 24.1 Å². The smallest absolute Gasteiger partial charge is 0.342 e. The Hall–Kier alpha value is -3.95. The van der Waals surface area contributed by atoms with Crippen LogP contribution in [0.1, 0.15) is 58.9 Å². The molecule has 6 rings (SSSR count). The summed E-state index contributed by atoms with van der Waals surface area (Å²) in [5, 5.41) is 13.7. The summed E-state index contributed by atoms with van der Waals surface area (Å²) in [5.41, 5.74) is 6.83. The molecular formula is C32H36N4O5. The van der Waals surface area contributed by atoms with Gasteiger partial charge < -0.3 is 19.3 Å². The highest BCUT2D eigenvalue weighted by Gasteiger charge is 2.24. The number of allylic oxidation sites excluding steroid dienone is 3. The second-order valence-corrected chi connectivity index (χ2v) is 11.0. The van der Waals surface area contributed by atoms with Gasteiger partial charge in [-0.1, -0.05) is 30.3 Å². The molecule has 4 heterocycles. The molecule has 3 aliphatic rings. The molecule has 1 fully saturated rings.